The topological polar surface area (TPSA) is 40.1 Å². The first-order chi connectivity index (χ1) is 16.9. The number of hydrogen-bond donors (Lipinski definition) is 0. The van der Waals surface area contributed by atoms with Crippen molar-refractivity contribution in [3.05, 3.63) is 90.0 Å². The van der Waals surface area contributed by atoms with Crippen LogP contribution < -0.4 is 5.11 Å². The van der Waals surface area contributed by atoms with Gasteiger partial charge in [-0.3, -0.25) is 0 Å². The SMILES string of the molecule is Cc1ccc([S+](c2ccccc2)c2ccc(C)cc2)cc1.O=C([O-])C(F)(F)C(F)(F)C(F)(F)C(F)(F)F. The van der Waals surface area contributed by atoms with Crippen LogP contribution in [0.5, 0.6) is 0 Å². The van der Waals surface area contributed by atoms with Gasteiger partial charge >= 0.3 is 23.9 Å². The minimum Gasteiger partial charge on any atom is -0.544 e. The van der Waals surface area contributed by atoms with E-state index in [1.54, 1.807) is 0 Å². The highest BCUT2D eigenvalue weighted by Crippen LogP contribution is 2.52. The zero-order valence-corrected chi connectivity index (χ0v) is 19.9. The van der Waals surface area contributed by atoms with Crippen LogP contribution in [0.15, 0.2) is 93.5 Å². The molecule has 0 radical (unpaired) electrons. The van der Waals surface area contributed by atoms with Gasteiger partial charge in [0, 0.05) is 0 Å². The molecule has 0 aliphatic rings. The van der Waals surface area contributed by atoms with Crippen LogP contribution in [0.1, 0.15) is 11.1 Å². The number of rotatable bonds is 6. The molecule has 200 valence electrons. The first-order valence-corrected chi connectivity index (χ1v) is 11.5. The number of carbonyl (C=O) groups excluding carboxylic acids is 1. The Morgan fingerprint density at radius 2 is 0.946 bits per heavy atom. The Morgan fingerprint density at radius 1 is 0.595 bits per heavy atom. The quantitative estimate of drug-likeness (QED) is 0.254. The smallest absolute Gasteiger partial charge is 0.460 e. The maximum Gasteiger partial charge on any atom is 0.460 e. The van der Waals surface area contributed by atoms with E-state index in [0.717, 1.165) is 0 Å². The molecule has 0 unspecified atom stereocenters. The number of alkyl halides is 9. The van der Waals surface area contributed by atoms with Crippen molar-refractivity contribution in [1.29, 1.82) is 0 Å². The highest BCUT2D eigenvalue weighted by Gasteiger charge is 2.82. The van der Waals surface area contributed by atoms with E-state index in [4.69, 9.17) is 0 Å². The van der Waals surface area contributed by atoms with Crippen molar-refractivity contribution >= 4 is 16.9 Å². The number of carboxylic acids is 1. The first kappa shape index (κ1) is 30.1. The van der Waals surface area contributed by atoms with Crippen LogP contribution in [0.4, 0.5) is 39.5 Å². The zero-order chi connectivity index (χ0) is 28.2. The van der Waals surface area contributed by atoms with Gasteiger partial charge < -0.3 is 9.90 Å². The van der Waals surface area contributed by atoms with Gasteiger partial charge in [-0.1, -0.05) is 53.6 Å². The third-order valence-electron chi connectivity index (χ3n) is 4.89. The Kier molecular flexibility index (Phi) is 9.00. The van der Waals surface area contributed by atoms with E-state index in [1.165, 1.54) is 25.8 Å². The van der Waals surface area contributed by atoms with Crippen molar-refractivity contribution in [3.8, 4) is 0 Å². The molecule has 0 N–H and O–H groups in total. The number of carboxylic acid groups (broad SMARTS) is 1. The number of halogens is 9. The molecule has 2 nitrogen and oxygen atoms in total. The first-order valence-electron chi connectivity index (χ1n) is 10.3. The largest absolute Gasteiger partial charge is 0.544 e. The standard InChI is InChI=1S/C20H19S.C5HF9O2/c1-16-8-12-19(13-9-16)21(18-6-4-3-5-7-18)20-14-10-17(2)11-15-20;6-2(7,1(15)16)3(8,9)4(10,11)5(12,13)14/h3-15H,1-2H3;(H,15,16)/q+1;/p-1. The number of carbonyl (C=O) groups is 1. The third kappa shape index (κ3) is 6.41. The van der Waals surface area contributed by atoms with Gasteiger partial charge in [0.1, 0.15) is 5.97 Å². The van der Waals surface area contributed by atoms with Gasteiger partial charge in [-0.05, 0) is 50.2 Å². The monoisotopic (exact) mass is 554 g/mol. The molecular weight excluding hydrogens is 535 g/mol. The second-order valence-electron chi connectivity index (χ2n) is 7.75. The normalized spacial score (nSPS) is 12.6. The molecule has 0 heterocycles. The van der Waals surface area contributed by atoms with Gasteiger partial charge in [-0.2, -0.15) is 39.5 Å². The van der Waals surface area contributed by atoms with Gasteiger partial charge in [-0.15, -0.1) is 0 Å². The molecule has 37 heavy (non-hydrogen) atoms. The Hall–Kier alpha value is -3.15. The molecule has 12 heteroatoms. The second-order valence-corrected chi connectivity index (χ2v) is 9.78. The molecule has 0 amide bonds. The Bertz CT molecular complexity index is 1130. The molecule has 0 bridgehead atoms. The summed E-state index contributed by atoms with van der Waals surface area (Å²) in [6, 6.07) is 28.6. The van der Waals surface area contributed by atoms with Crippen molar-refractivity contribution in [2.24, 2.45) is 0 Å². The molecule has 0 spiro atoms. The van der Waals surface area contributed by atoms with Crippen LogP contribution in [0.2, 0.25) is 0 Å². The molecule has 0 aromatic heterocycles. The van der Waals surface area contributed by atoms with Crippen molar-refractivity contribution < 1.29 is 49.4 Å². The Labute approximate surface area is 209 Å². The fraction of sp³-hybridized carbons (Fsp3) is 0.240. The summed E-state index contributed by atoms with van der Waals surface area (Å²) >= 11 is 0. The zero-order valence-electron chi connectivity index (χ0n) is 19.1. The molecule has 0 fully saturated rings. The minimum atomic E-state index is -7.20. The van der Waals surface area contributed by atoms with Crippen LogP contribution >= 0.6 is 0 Å². The molecule has 0 saturated carbocycles. The van der Waals surface area contributed by atoms with Gasteiger partial charge in [0.2, 0.25) is 0 Å². The van der Waals surface area contributed by atoms with Gasteiger partial charge in [-0.25, -0.2) is 0 Å². The maximum absolute atomic E-state index is 12.1. The Balaban J connectivity index is 0.000000273. The van der Waals surface area contributed by atoms with E-state index in [2.05, 4.69) is 92.7 Å². The average Bonchev–Trinajstić information content (AvgIpc) is 2.82. The summed E-state index contributed by atoms with van der Waals surface area (Å²) in [6.07, 6.45) is -7.03. The van der Waals surface area contributed by atoms with Gasteiger partial charge in [0.25, 0.3) is 0 Å². The summed E-state index contributed by atoms with van der Waals surface area (Å²) in [6.45, 7) is 4.27. The van der Waals surface area contributed by atoms with Gasteiger partial charge in [0.05, 0.1) is 10.9 Å². The fourth-order valence-corrected chi connectivity index (χ4v) is 4.88. The maximum atomic E-state index is 12.1. The van der Waals surface area contributed by atoms with Crippen LogP contribution in [-0.4, -0.2) is 29.9 Å². The highest BCUT2D eigenvalue weighted by atomic mass is 32.2. The van der Waals surface area contributed by atoms with Crippen molar-refractivity contribution in [3.63, 3.8) is 0 Å². The van der Waals surface area contributed by atoms with Crippen LogP contribution in [0.3, 0.4) is 0 Å². The summed E-state index contributed by atoms with van der Waals surface area (Å²) < 4.78 is 106. The summed E-state index contributed by atoms with van der Waals surface area (Å²) in [5.74, 6) is -25.1. The Morgan fingerprint density at radius 3 is 1.27 bits per heavy atom. The highest BCUT2D eigenvalue weighted by molar-refractivity contribution is 7.97. The molecule has 3 rings (SSSR count). The molecular formula is C25H19F9O2S. The van der Waals surface area contributed by atoms with Gasteiger partial charge in [0.15, 0.2) is 14.7 Å². The fourth-order valence-electron chi connectivity index (χ4n) is 2.82. The predicted octanol–water partition coefficient (Wildman–Crippen LogP) is 6.60. The lowest BCUT2D eigenvalue weighted by Crippen LogP contribution is -2.65. The number of aliphatic carboxylic acids is 1. The third-order valence-corrected chi connectivity index (χ3v) is 7.12. The van der Waals surface area contributed by atoms with Crippen LogP contribution in [-0.2, 0) is 15.7 Å². The molecule has 0 atom stereocenters. The second kappa shape index (κ2) is 11.1. The molecule has 3 aromatic carbocycles. The van der Waals surface area contributed by atoms with Crippen LogP contribution in [0.25, 0.3) is 0 Å². The van der Waals surface area contributed by atoms with E-state index in [1.807, 2.05) is 0 Å². The van der Waals surface area contributed by atoms with Crippen molar-refractivity contribution in [2.75, 3.05) is 0 Å². The van der Waals surface area contributed by atoms with E-state index >= 15 is 0 Å². The lowest BCUT2D eigenvalue weighted by Gasteiger charge is -2.33. The number of benzene rings is 3. The van der Waals surface area contributed by atoms with E-state index in [0.29, 0.717) is 0 Å². The van der Waals surface area contributed by atoms with E-state index in [-0.39, 0.29) is 10.9 Å². The lowest BCUT2D eigenvalue weighted by atomic mass is 10.0. The predicted molar refractivity (Wildman–Crippen MR) is 117 cm³/mol. The summed E-state index contributed by atoms with van der Waals surface area (Å²) in [7, 11) is -0.0312. The number of aryl methyl sites for hydroxylation is 2. The summed E-state index contributed by atoms with van der Waals surface area (Å²) in [5.41, 5.74) is 2.61. The van der Waals surface area contributed by atoms with Crippen molar-refractivity contribution in [2.45, 2.75) is 52.5 Å². The summed E-state index contributed by atoms with van der Waals surface area (Å²) in [5, 5.41) is 9.40. The summed E-state index contributed by atoms with van der Waals surface area (Å²) in [4.78, 5) is 13.5. The molecule has 0 aliphatic carbocycles. The molecule has 3 aromatic rings. The average molecular weight is 554 g/mol. The number of hydrogen-bond acceptors (Lipinski definition) is 2. The van der Waals surface area contributed by atoms with Crippen molar-refractivity contribution in [1.82, 2.24) is 0 Å². The molecule has 0 saturated heterocycles. The molecule has 0 aliphatic heterocycles. The minimum absolute atomic E-state index is 0.0312. The van der Waals surface area contributed by atoms with E-state index < -0.39 is 29.9 Å². The van der Waals surface area contributed by atoms with E-state index in [9.17, 15) is 49.4 Å². The van der Waals surface area contributed by atoms with Crippen LogP contribution in [0, 0.1) is 13.8 Å². The lowest BCUT2D eigenvalue weighted by molar-refractivity contribution is -0.410.